The van der Waals surface area contributed by atoms with Gasteiger partial charge < -0.3 is 4.57 Å². The maximum Gasteiger partial charge on any atom is 0.167 e. The van der Waals surface area contributed by atoms with Gasteiger partial charge >= 0.3 is 0 Å². The third-order valence-corrected chi connectivity index (χ3v) is 5.84. The number of nitrogens with zero attached hydrogens (tertiary/aromatic N) is 2. The second-order valence-electron chi connectivity index (χ2n) is 6.87. The van der Waals surface area contributed by atoms with Crippen LogP contribution in [0, 0.1) is 5.92 Å². The molecule has 0 aliphatic rings. The van der Waals surface area contributed by atoms with Crippen LogP contribution in [0.15, 0.2) is 48.5 Å². The average Bonchev–Trinajstić information content (AvgIpc) is 3.19. The topological polar surface area (TPSA) is 34.9 Å². The lowest BCUT2D eigenvalue weighted by Gasteiger charge is -2.10. The van der Waals surface area contributed by atoms with Crippen molar-refractivity contribution in [3.63, 3.8) is 0 Å². The van der Waals surface area contributed by atoms with Crippen molar-refractivity contribution in [2.24, 2.45) is 5.92 Å². The molecule has 3 nitrogen and oxygen atoms in total. The van der Waals surface area contributed by atoms with Gasteiger partial charge in [-0.25, -0.2) is 4.98 Å². The molecule has 4 aromatic rings. The molecule has 0 fully saturated rings. The zero-order valence-electron chi connectivity index (χ0n) is 15.3. The predicted molar refractivity (Wildman–Crippen MR) is 109 cm³/mol. The molecule has 0 saturated heterocycles. The summed E-state index contributed by atoms with van der Waals surface area (Å²) in [7, 11) is 0. The van der Waals surface area contributed by atoms with E-state index < -0.39 is 0 Å². The highest BCUT2D eigenvalue weighted by Gasteiger charge is 2.23. The lowest BCUT2D eigenvalue weighted by molar-refractivity contribution is 0.0940. The van der Waals surface area contributed by atoms with Gasteiger partial charge in [0.15, 0.2) is 5.78 Å². The van der Waals surface area contributed by atoms with Crippen molar-refractivity contribution in [3.05, 3.63) is 64.8 Å². The van der Waals surface area contributed by atoms with Crippen LogP contribution in [-0.2, 0) is 13.0 Å². The van der Waals surface area contributed by atoms with Crippen LogP contribution < -0.4 is 0 Å². The molecule has 2 heterocycles. The monoisotopic (exact) mass is 362 g/mol. The molecular weight excluding hydrogens is 340 g/mol. The van der Waals surface area contributed by atoms with Crippen molar-refractivity contribution in [1.29, 1.82) is 0 Å². The second kappa shape index (κ2) is 6.69. The highest BCUT2D eigenvalue weighted by molar-refractivity contribution is 7.18. The van der Waals surface area contributed by atoms with Crippen LogP contribution in [-0.4, -0.2) is 15.3 Å². The van der Waals surface area contributed by atoms with Crippen molar-refractivity contribution < 1.29 is 4.79 Å². The Labute approximate surface area is 157 Å². The van der Waals surface area contributed by atoms with Gasteiger partial charge in [-0.2, -0.15) is 0 Å². The maximum absolute atomic E-state index is 12.9. The summed E-state index contributed by atoms with van der Waals surface area (Å²) in [5, 5.41) is 2.13. The van der Waals surface area contributed by atoms with E-state index in [-0.39, 0.29) is 11.7 Å². The minimum Gasteiger partial charge on any atom is -0.337 e. The third kappa shape index (κ3) is 2.74. The molecule has 0 aliphatic heterocycles. The van der Waals surface area contributed by atoms with E-state index in [0.717, 1.165) is 39.1 Å². The molecule has 0 atom stereocenters. The number of carbonyl (C=O) groups is 1. The van der Waals surface area contributed by atoms with Gasteiger partial charge in [0.25, 0.3) is 0 Å². The average molecular weight is 362 g/mol. The van der Waals surface area contributed by atoms with Crippen molar-refractivity contribution in [1.82, 2.24) is 9.55 Å². The predicted octanol–water partition coefficient (Wildman–Crippen LogP) is 5.70. The zero-order chi connectivity index (χ0) is 18.3. The number of benzene rings is 2. The first-order valence-electron chi connectivity index (χ1n) is 9.09. The molecule has 0 saturated carbocycles. The van der Waals surface area contributed by atoms with Crippen LogP contribution in [0.1, 0.15) is 41.8 Å². The molecule has 4 rings (SSSR count). The number of para-hydroxylation sites is 2. The van der Waals surface area contributed by atoms with E-state index in [1.165, 1.54) is 4.70 Å². The lowest BCUT2D eigenvalue weighted by atomic mass is 9.97. The molecule has 0 radical (unpaired) electrons. The van der Waals surface area contributed by atoms with Crippen LogP contribution in [0.25, 0.3) is 21.1 Å². The summed E-state index contributed by atoms with van der Waals surface area (Å²) in [6.07, 6.45) is 0.827. The Hall–Kier alpha value is -2.46. The Bertz CT molecular complexity index is 1070. The summed E-state index contributed by atoms with van der Waals surface area (Å²) in [6.45, 7) is 6.78. The highest BCUT2D eigenvalue weighted by Crippen LogP contribution is 2.31. The van der Waals surface area contributed by atoms with Crippen LogP contribution >= 0.6 is 11.3 Å². The van der Waals surface area contributed by atoms with Gasteiger partial charge in [-0.1, -0.05) is 51.1 Å². The number of rotatable bonds is 5. The number of thiazole rings is 1. The quantitative estimate of drug-likeness (QED) is 0.427. The molecule has 0 amide bonds. The van der Waals surface area contributed by atoms with E-state index in [9.17, 15) is 4.79 Å². The summed E-state index contributed by atoms with van der Waals surface area (Å²) in [5.41, 5.74) is 4.16. The summed E-state index contributed by atoms with van der Waals surface area (Å²) in [6, 6.07) is 16.5. The fraction of sp³-hybridized carbons (Fsp3) is 0.273. The molecule has 0 spiro atoms. The smallest absolute Gasteiger partial charge is 0.167 e. The lowest BCUT2D eigenvalue weighted by Crippen LogP contribution is -2.12. The minimum atomic E-state index is -0.0120. The number of carbonyl (C=O) groups excluding carboxylic acids is 1. The van der Waals surface area contributed by atoms with E-state index in [4.69, 9.17) is 4.98 Å². The van der Waals surface area contributed by atoms with Crippen LogP contribution in [0.4, 0.5) is 0 Å². The van der Waals surface area contributed by atoms with Crippen molar-refractivity contribution in [2.45, 2.75) is 33.7 Å². The van der Waals surface area contributed by atoms with Gasteiger partial charge in [0, 0.05) is 28.1 Å². The van der Waals surface area contributed by atoms with Gasteiger partial charge in [-0.05, 0) is 24.6 Å². The second-order valence-corrected chi connectivity index (χ2v) is 7.99. The molecule has 2 aromatic carbocycles. The molecule has 132 valence electrons. The fourth-order valence-corrected chi connectivity index (χ4v) is 4.55. The Morgan fingerprint density at radius 1 is 1.12 bits per heavy atom. The van der Waals surface area contributed by atoms with Crippen LogP contribution in [0.5, 0.6) is 0 Å². The standard InChI is InChI=1S/C22H22N2OS/c1-4-17-21(22(25)14(2)3)15-9-5-7-11-18(15)24(17)13-20-23-16-10-6-8-12-19(16)26-20/h5-12,14H,4,13H2,1-3H3. The van der Waals surface area contributed by atoms with E-state index in [1.54, 1.807) is 11.3 Å². The number of Topliss-reactive ketones (excluding diaryl/α,β-unsaturated/α-hetero) is 1. The Morgan fingerprint density at radius 3 is 2.58 bits per heavy atom. The number of hydrogen-bond donors (Lipinski definition) is 0. The maximum atomic E-state index is 12.9. The third-order valence-electron chi connectivity index (χ3n) is 4.82. The van der Waals surface area contributed by atoms with Crippen molar-refractivity contribution in [2.75, 3.05) is 0 Å². The van der Waals surface area contributed by atoms with E-state index >= 15 is 0 Å². The number of ketones is 1. The van der Waals surface area contributed by atoms with Crippen LogP contribution in [0.3, 0.4) is 0 Å². The van der Waals surface area contributed by atoms with Gasteiger partial charge in [0.1, 0.15) is 5.01 Å². The molecule has 4 heteroatoms. The first-order chi connectivity index (χ1) is 12.6. The number of fused-ring (bicyclic) bond motifs is 2. The summed E-state index contributed by atoms with van der Waals surface area (Å²) < 4.78 is 3.48. The normalized spacial score (nSPS) is 11.7. The van der Waals surface area contributed by atoms with Crippen molar-refractivity contribution in [3.8, 4) is 0 Å². The molecule has 26 heavy (non-hydrogen) atoms. The molecule has 2 aromatic heterocycles. The number of hydrogen-bond acceptors (Lipinski definition) is 3. The number of aromatic nitrogens is 2. The summed E-state index contributed by atoms with van der Waals surface area (Å²) >= 11 is 1.73. The first kappa shape index (κ1) is 17.0. The van der Waals surface area contributed by atoms with E-state index in [1.807, 2.05) is 38.1 Å². The molecular formula is C22H22N2OS. The summed E-state index contributed by atoms with van der Waals surface area (Å²) in [5.74, 6) is 0.211. The first-order valence-corrected chi connectivity index (χ1v) is 9.90. The van der Waals surface area contributed by atoms with Gasteiger partial charge in [0.05, 0.1) is 16.8 Å². The largest absolute Gasteiger partial charge is 0.337 e. The van der Waals surface area contributed by atoms with Gasteiger partial charge in [0.2, 0.25) is 0 Å². The Kier molecular flexibility index (Phi) is 4.37. The van der Waals surface area contributed by atoms with E-state index in [2.05, 4.69) is 35.8 Å². The van der Waals surface area contributed by atoms with E-state index in [0.29, 0.717) is 6.54 Å². The Morgan fingerprint density at radius 2 is 1.85 bits per heavy atom. The highest BCUT2D eigenvalue weighted by atomic mass is 32.1. The Balaban J connectivity index is 1.90. The zero-order valence-corrected chi connectivity index (χ0v) is 16.1. The van der Waals surface area contributed by atoms with Crippen molar-refractivity contribution >= 4 is 38.2 Å². The molecule has 0 unspecified atom stereocenters. The van der Waals surface area contributed by atoms with Gasteiger partial charge in [-0.15, -0.1) is 11.3 Å². The molecule has 0 aliphatic carbocycles. The SMILES string of the molecule is CCc1c(C(=O)C(C)C)c2ccccc2n1Cc1nc2ccccc2s1. The minimum absolute atomic E-state index is 0.0120. The summed E-state index contributed by atoms with van der Waals surface area (Å²) in [4.78, 5) is 17.7. The van der Waals surface area contributed by atoms with Gasteiger partial charge in [-0.3, -0.25) is 4.79 Å². The van der Waals surface area contributed by atoms with Crippen LogP contribution in [0.2, 0.25) is 0 Å². The fourth-order valence-electron chi connectivity index (χ4n) is 3.59. The molecule has 0 N–H and O–H groups in total. The molecule has 0 bridgehead atoms.